The van der Waals surface area contributed by atoms with E-state index in [4.69, 9.17) is 0 Å². The lowest BCUT2D eigenvalue weighted by Crippen LogP contribution is -2.00. The minimum absolute atomic E-state index is 0.120. The summed E-state index contributed by atoms with van der Waals surface area (Å²) in [5, 5.41) is 9.45. The summed E-state index contributed by atoms with van der Waals surface area (Å²) < 4.78 is 4.64. The maximum Gasteiger partial charge on any atom is 0.334 e. The molecule has 0 saturated heterocycles. The van der Waals surface area contributed by atoms with Gasteiger partial charge >= 0.3 is 5.97 Å². The van der Waals surface area contributed by atoms with Gasteiger partial charge in [-0.15, -0.1) is 0 Å². The van der Waals surface area contributed by atoms with Gasteiger partial charge in [-0.1, -0.05) is 0 Å². The molecule has 0 atom stereocenters. The van der Waals surface area contributed by atoms with Crippen molar-refractivity contribution >= 4 is 11.7 Å². The van der Waals surface area contributed by atoms with Crippen LogP contribution in [-0.2, 0) is 9.53 Å². The molecule has 74 valence electrons. The van der Waals surface area contributed by atoms with Crippen LogP contribution >= 0.6 is 0 Å². The molecule has 0 unspecified atom stereocenters. The van der Waals surface area contributed by atoms with Crippen molar-refractivity contribution in [1.82, 2.24) is 4.98 Å². The molecule has 1 N–H and O–H groups in total. The maximum absolute atomic E-state index is 11.0. The number of aliphatic hydroxyl groups excluding tert-OH is 1. The van der Waals surface area contributed by atoms with Crippen LogP contribution in [0.3, 0.4) is 0 Å². The van der Waals surface area contributed by atoms with Crippen LogP contribution in [0.15, 0.2) is 30.6 Å². The van der Waals surface area contributed by atoms with E-state index in [-0.39, 0.29) is 5.76 Å². The van der Waals surface area contributed by atoms with Crippen molar-refractivity contribution in [3.05, 3.63) is 36.2 Å². The average Bonchev–Trinajstić information content (AvgIpc) is 2.19. The molecule has 0 aliphatic rings. The molecule has 1 aromatic heterocycles. The zero-order valence-electron chi connectivity index (χ0n) is 7.80. The summed E-state index contributed by atoms with van der Waals surface area (Å²) in [6.45, 7) is 1.99. The fourth-order valence-corrected chi connectivity index (χ4v) is 0.902. The van der Waals surface area contributed by atoms with Gasteiger partial charge in [-0.3, -0.25) is 4.98 Å². The van der Waals surface area contributed by atoms with Gasteiger partial charge in [0, 0.05) is 18.0 Å². The number of aromatic nitrogens is 1. The van der Waals surface area contributed by atoms with Gasteiger partial charge in [0.15, 0.2) is 0 Å². The molecular formula is C10H11NO3. The van der Waals surface area contributed by atoms with Crippen molar-refractivity contribution in [2.45, 2.75) is 6.92 Å². The molecule has 14 heavy (non-hydrogen) atoms. The number of ether oxygens (including phenoxy) is 1. The first-order valence-electron chi connectivity index (χ1n) is 4.22. The van der Waals surface area contributed by atoms with Crippen LogP contribution in [0, 0.1) is 0 Å². The molecule has 0 aliphatic carbocycles. The molecular weight excluding hydrogens is 182 g/mol. The molecule has 0 aliphatic heterocycles. The highest BCUT2D eigenvalue weighted by molar-refractivity contribution is 5.89. The fourth-order valence-electron chi connectivity index (χ4n) is 0.902. The molecule has 0 radical (unpaired) electrons. The lowest BCUT2D eigenvalue weighted by Gasteiger charge is -1.99. The van der Waals surface area contributed by atoms with Crippen molar-refractivity contribution in [2.75, 3.05) is 6.61 Å². The summed E-state index contributed by atoms with van der Waals surface area (Å²) in [5.74, 6) is -0.673. The number of carbonyl (C=O) groups is 1. The minimum Gasteiger partial charge on any atom is -0.507 e. The summed E-state index contributed by atoms with van der Waals surface area (Å²) in [6.07, 6.45) is 4.11. The van der Waals surface area contributed by atoms with Crippen LogP contribution in [0.2, 0.25) is 0 Å². The van der Waals surface area contributed by atoms with E-state index in [9.17, 15) is 9.90 Å². The Morgan fingerprint density at radius 1 is 1.57 bits per heavy atom. The van der Waals surface area contributed by atoms with Crippen LogP contribution in [-0.4, -0.2) is 22.7 Å². The van der Waals surface area contributed by atoms with Crippen LogP contribution in [0.4, 0.5) is 0 Å². The predicted octanol–water partition coefficient (Wildman–Crippen LogP) is 1.54. The molecule has 0 saturated carbocycles. The van der Waals surface area contributed by atoms with Gasteiger partial charge in [0.05, 0.1) is 12.7 Å². The van der Waals surface area contributed by atoms with Crippen LogP contribution in [0.25, 0.3) is 5.76 Å². The highest BCUT2D eigenvalue weighted by Crippen LogP contribution is 2.08. The Morgan fingerprint density at radius 3 is 2.79 bits per heavy atom. The number of aliphatic hydroxyl groups is 1. The summed E-state index contributed by atoms with van der Waals surface area (Å²) in [4.78, 5) is 14.7. The molecule has 4 nitrogen and oxygen atoms in total. The van der Waals surface area contributed by atoms with E-state index in [1.54, 1.807) is 19.1 Å². The summed E-state index contributed by atoms with van der Waals surface area (Å²) in [7, 11) is 0. The summed E-state index contributed by atoms with van der Waals surface area (Å²) in [6, 6.07) is 3.20. The zero-order valence-corrected chi connectivity index (χ0v) is 7.80. The lowest BCUT2D eigenvalue weighted by atomic mass is 10.2. The number of esters is 1. The Bertz CT molecular complexity index is 332. The average molecular weight is 193 g/mol. The number of rotatable bonds is 3. The van der Waals surface area contributed by atoms with E-state index >= 15 is 0 Å². The van der Waals surface area contributed by atoms with Gasteiger partial charge in [-0.25, -0.2) is 4.79 Å². The van der Waals surface area contributed by atoms with Gasteiger partial charge in [-0.2, -0.15) is 0 Å². The molecule has 0 fully saturated rings. The summed E-state index contributed by atoms with van der Waals surface area (Å²) in [5.41, 5.74) is 0.535. The molecule has 1 rings (SSSR count). The highest BCUT2D eigenvalue weighted by Gasteiger charge is 2.02. The second kappa shape index (κ2) is 5.01. The van der Waals surface area contributed by atoms with Crippen molar-refractivity contribution in [3.8, 4) is 0 Å². The van der Waals surface area contributed by atoms with Crippen LogP contribution in [0.5, 0.6) is 0 Å². The van der Waals surface area contributed by atoms with Gasteiger partial charge in [0.2, 0.25) is 0 Å². The van der Waals surface area contributed by atoms with E-state index in [0.717, 1.165) is 6.08 Å². The maximum atomic E-state index is 11.0. The van der Waals surface area contributed by atoms with Gasteiger partial charge < -0.3 is 9.84 Å². The number of pyridine rings is 1. The SMILES string of the molecule is CCOC(=O)C=C(O)c1ccncc1. The van der Waals surface area contributed by atoms with Gasteiger partial charge in [-0.05, 0) is 19.1 Å². The lowest BCUT2D eigenvalue weighted by molar-refractivity contribution is -0.137. The van der Waals surface area contributed by atoms with E-state index in [1.165, 1.54) is 12.4 Å². The second-order valence-corrected chi connectivity index (χ2v) is 2.52. The minimum atomic E-state index is -0.554. The Balaban J connectivity index is 2.75. The fraction of sp³-hybridized carbons (Fsp3) is 0.200. The first kappa shape index (κ1) is 10.2. The van der Waals surface area contributed by atoms with Crippen molar-refractivity contribution in [3.63, 3.8) is 0 Å². The Morgan fingerprint density at radius 2 is 2.21 bits per heavy atom. The Hall–Kier alpha value is -1.84. The standard InChI is InChI=1S/C10H11NO3/c1-2-14-10(13)7-9(12)8-3-5-11-6-4-8/h3-7,12H,2H2,1H3. The van der Waals surface area contributed by atoms with Crippen molar-refractivity contribution in [2.24, 2.45) is 0 Å². The smallest absolute Gasteiger partial charge is 0.334 e. The molecule has 0 bridgehead atoms. The third kappa shape index (κ3) is 2.90. The molecule has 0 aromatic carbocycles. The van der Waals surface area contributed by atoms with E-state index in [0.29, 0.717) is 12.2 Å². The molecule has 4 heteroatoms. The predicted molar refractivity (Wildman–Crippen MR) is 51.5 cm³/mol. The number of nitrogens with zero attached hydrogens (tertiary/aromatic N) is 1. The highest BCUT2D eigenvalue weighted by atomic mass is 16.5. The number of hydrogen-bond acceptors (Lipinski definition) is 4. The normalized spacial score (nSPS) is 11.1. The molecule has 1 heterocycles. The zero-order chi connectivity index (χ0) is 10.4. The van der Waals surface area contributed by atoms with E-state index in [1.807, 2.05) is 0 Å². The van der Waals surface area contributed by atoms with Crippen molar-refractivity contribution < 1.29 is 14.6 Å². The van der Waals surface area contributed by atoms with E-state index < -0.39 is 5.97 Å². The van der Waals surface area contributed by atoms with Gasteiger partial charge in [0.25, 0.3) is 0 Å². The molecule has 0 spiro atoms. The first-order valence-corrected chi connectivity index (χ1v) is 4.22. The topological polar surface area (TPSA) is 59.4 Å². The Kier molecular flexibility index (Phi) is 3.67. The Labute approximate surface area is 81.9 Å². The van der Waals surface area contributed by atoms with E-state index in [2.05, 4.69) is 9.72 Å². The second-order valence-electron chi connectivity index (χ2n) is 2.52. The summed E-state index contributed by atoms with van der Waals surface area (Å²) >= 11 is 0. The number of hydrogen-bond donors (Lipinski definition) is 1. The first-order chi connectivity index (χ1) is 6.74. The van der Waals surface area contributed by atoms with Crippen molar-refractivity contribution in [1.29, 1.82) is 0 Å². The largest absolute Gasteiger partial charge is 0.507 e. The molecule has 0 amide bonds. The van der Waals surface area contributed by atoms with Crippen LogP contribution in [0.1, 0.15) is 12.5 Å². The van der Waals surface area contributed by atoms with Gasteiger partial charge in [0.1, 0.15) is 5.76 Å². The monoisotopic (exact) mass is 193 g/mol. The third-order valence-corrected chi connectivity index (χ3v) is 1.52. The molecule has 1 aromatic rings. The number of carbonyl (C=O) groups excluding carboxylic acids is 1. The third-order valence-electron chi connectivity index (χ3n) is 1.52. The quantitative estimate of drug-likeness (QED) is 0.449. The van der Waals surface area contributed by atoms with Crippen LogP contribution < -0.4 is 0 Å².